The second-order valence-electron chi connectivity index (χ2n) is 4.02. The number of nitrogens with two attached hydrogens (primary N) is 1. The molecule has 20 heavy (non-hydrogen) atoms. The minimum atomic E-state index is -0.291. The number of anilines is 1. The van der Waals surface area contributed by atoms with E-state index in [0.29, 0.717) is 17.8 Å². The first kappa shape index (κ1) is 16.1. The van der Waals surface area contributed by atoms with Gasteiger partial charge in [-0.25, -0.2) is 0 Å². The van der Waals surface area contributed by atoms with E-state index in [9.17, 15) is 9.59 Å². The van der Waals surface area contributed by atoms with Gasteiger partial charge in [0.15, 0.2) is 0 Å². The van der Waals surface area contributed by atoms with E-state index in [1.165, 1.54) is 0 Å². The second-order valence-corrected chi connectivity index (χ2v) is 5.17. The van der Waals surface area contributed by atoms with Gasteiger partial charge in [0.25, 0.3) is 5.91 Å². The molecule has 0 aliphatic rings. The van der Waals surface area contributed by atoms with Crippen molar-refractivity contribution in [3.8, 4) is 0 Å². The monoisotopic (exact) mass is 293 g/mol. The number of amides is 2. The number of carbonyl (C=O) groups is 2. The van der Waals surface area contributed by atoms with Gasteiger partial charge in [-0.1, -0.05) is 6.08 Å². The van der Waals surface area contributed by atoms with Gasteiger partial charge in [-0.05, 0) is 24.3 Å². The Labute approximate surface area is 123 Å². The maximum absolute atomic E-state index is 11.7. The highest BCUT2D eigenvalue weighted by atomic mass is 32.2. The molecule has 0 aliphatic carbocycles. The molecule has 0 saturated carbocycles. The molecule has 1 aromatic rings. The lowest BCUT2D eigenvalue weighted by molar-refractivity contribution is -0.120. The van der Waals surface area contributed by atoms with E-state index in [2.05, 4.69) is 17.2 Å². The van der Waals surface area contributed by atoms with E-state index in [1.54, 1.807) is 36.0 Å². The first-order valence-electron chi connectivity index (χ1n) is 6.22. The third-order valence-electron chi connectivity index (χ3n) is 2.39. The van der Waals surface area contributed by atoms with Gasteiger partial charge in [-0.15, -0.1) is 6.58 Å². The fourth-order valence-electron chi connectivity index (χ4n) is 1.39. The summed E-state index contributed by atoms with van der Waals surface area (Å²) in [5.41, 5.74) is 6.61. The van der Waals surface area contributed by atoms with Gasteiger partial charge in [0.1, 0.15) is 0 Å². The molecule has 5 nitrogen and oxygen atoms in total. The zero-order valence-corrected chi connectivity index (χ0v) is 12.0. The molecule has 0 radical (unpaired) electrons. The Kier molecular flexibility index (Phi) is 7.27. The maximum Gasteiger partial charge on any atom is 0.251 e. The summed E-state index contributed by atoms with van der Waals surface area (Å²) >= 11 is 1.69. The summed E-state index contributed by atoms with van der Waals surface area (Å²) in [6.45, 7) is 4.16. The van der Waals surface area contributed by atoms with Crippen molar-refractivity contribution in [2.24, 2.45) is 0 Å². The van der Waals surface area contributed by atoms with Crippen LogP contribution in [0.2, 0.25) is 0 Å². The Bertz CT molecular complexity index is 460. The van der Waals surface area contributed by atoms with Crippen LogP contribution in [0.4, 0.5) is 5.69 Å². The van der Waals surface area contributed by atoms with E-state index in [4.69, 9.17) is 5.73 Å². The third kappa shape index (κ3) is 6.29. The van der Waals surface area contributed by atoms with Crippen molar-refractivity contribution in [1.29, 1.82) is 0 Å². The largest absolute Gasteiger partial charge is 0.399 e. The first-order valence-corrected chi connectivity index (χ1v) is 7.38. The van der Waals surface area contributed by atoms with Crippen molar-refractivity contribution in [2.75, 3.05) is 30.3 Å². The van der Waals surface area contributed by atoms with Crippen molar-refractivity contribution in [2.45, 2.75) is 0 Å². The fraction of sp³-hybridized carbons (Fsp3) is 0.286. The molecule has 0 spiro atoms. The minimum Gasteiger partial charge on any atom is -0.399 e. The molecule has 0 fully saturated rings. The zero-order chi connectivity index (χ0) is 14.8. The van der Waals surface area contributed by atoms with Gasteiger partial charge in [0.2, 0.25) is 5.91 Å². The molecule has 0 bridgehead atoms. The Balaban J connectivity index is 2.21. The maximum atomic E-state index is 11.7. The van der Waals surface area contributed by atoms with Crippen molar-refractivity contribution in [3.63, 3.8) is 0 Å². The molecule has 0 aromatic heterocycles. The standard InChI is InChI=1S/C14H19N3O2S/c1-2-8-20-9-7-16-13(18)10-17-14(19)11-3-5-12(15)6-4-11/h2-6H,1,7-10,15H2,(H,16,18)(H,17,19). The topological polar surface area (TPSA) is 84.2 Å². The number of nitrogens with one attached hydrogen (secondary N) is 2. The van der Waals surface area contributed by atoms with Crippen LogP contribution in [0.3, 0.4) is 0 Å². The summed E-state index contributed by atoms with van der Waals surface area (Å²) in [6, 6.07) is 6.53. The zero-order valence-electron chi connectivity index (χ0n) is 11.2. The highest BCUT2D eigenvalue weighted by Crippen LogP contribution is 2.04. The number of hydrogen-bond acceptors (Lipinski definition) is 4. The van der Waals surface area contributed by atoms with Crippen LogP contribution in [0.1, 0.15) is 10.4 Å². The molecular formula is C14H19N3O2S. The molecule has 108 valence electrons. The molecule has 2 amide bonds. The molecule has 0 heterocycles. The van der Waals surface area contributed by atoms with Crippen LogP contribution < -0.4 is 16.4 Å². The van der Waals surface area contributed by atoms with Gasteiger partial charge in [-0.2, -0.15) is 11.8 Å². The van der Waals surface area contributed by atoms with Gasteiger partial charge < -0.3 is 16.4 Å². The van der Waals surface area contributed by atoms with Crippen molar-refractivity contribution in [1.82, 2.24) is 10.6 Å². The van der Waals surface area contributed by atoms with Gasteiger partial charge in [0, 0.05) is 29.3 Å². The number of carbonyl (C=O) groups excluding carboxylic acids is 2. The summed E-state index contributed by atoms with van der Waals surface area (Å²) in [4.78, 5) is 23.2. The van der Waals surface area contributed by atoms with Crippen LogP contribution in [-0.4, -0.2) is 36.4 Å². The average Bonchev–Trinajstić information content (AvgIpc) is 2.45. The van der Waals surface area contributed by atoms with E-state index < -0.39 is 0 Å². The molecule has 0 atom stereocenters. The molecule has 4 N–H and O–H groups in total. The molecule has 0 aliphatic heterocycles. The number of nitrogen functional groups attached to an aromatic ring is 1. The summed E-state index contributed by atoms with van der Waals surface area (Å²) in [5, 5.41) is 5.28. The molecule has 1 aromatic carbocycles. The van der Waals surface area contributed by atoms with E-state index in [-0.39, 0.29) is 18.4 Å². The highest BCUT2D eigenvalue weighted by Gasteiger charge is 2.07. The normalized spacial score (nSPS) is 9.80. The van der Waals surface area contributed by atoms with E-state index in [0.717, 1.165) is 11.5 Å². The minimum absolute atomic E-state index is 0.0324. The predicted molar refractivity (Wildman–Crippen MR) is 83.7 cm³/mol. The number of thioether (sulfide) groups is 1. The first-order chi connectivity index (χ1) is 9.63. The summed E-state index contributed by atoms with van der Waals surface area (Å²) < 4.78 is 0. The van der Waals surface area contributed by atoms with Crippen LogP contribution in [0.15, 0.2) is 36.9 Å². The Hall–Kier alpha value is -1.95. The lowest BCUT2D eigenvalue weighted by Gasteiger charge is -2.07. The SMILES string of the molecule is C=CCSCCNC(=O)CNC(=O)c1ccc(N)cc1. The fourth-order valence-corrected chi connectivity index (χ4v) is 1.97. The average molecular weight is 293 g/mol. The molecule has 0 unspecified atom stereocenters. The molecule has 1 rings (SSSR count). The van der Waals surface area contributed by atoms with Gasteiger partial charge in [-0.3, -0.25) is 9.59 Å². The summed E-state index contributed by atoms with van der Waals surface area (Å²) in [5.74, 6) is 1.20. The van der Waals surface area contributed by atoms with Crippen LogP contribution in [0.25, 0.3) is 0 Å². The van der Waals surface area contributed by atoms with Crippen LogP contribution in [0, 0.1) is 0 Å². The third-order valence-corrected chi connectivity index (χ3v) is 3.35. The predicted octanol–water partition coefficient (Wildman–Crippen LogP) is 1.03. The Morgan fingerprint density at radius 2 is 1.95 bits per heavy atom. The number of benzene rings is 1. The molecule has 0 saturated heterocycles. The van der Waals surface area contributed by atoms with E-state index >= 15 is 0 Å². The number of hydrogen-bond donors (Lipinski definition) is 3. The summed E-state index contributed by atoms with van der Waals surface area (Å²) in [7, 11) is 0. The van der Waals surface area contributed by atoms with Crippen LogP contribution in [-0.2, 0) is 4.79 Å². The van der Waals surface area contributed by atoms with Crippen molar-refractivity contribution >= 4 is 29.3 Å². The molecular weight excluding hydrogens is 274 g/mol. The van der Waals surface area contributed by atoms with Gasteiger partial charge in [0.05, 0.1) is 6.54 Å². The van der Waals surface area contributed by atoms with E-state index in [1.807, 2.05) is 6.08 Å². The second kappa shape index (κ2) is 9.03. The lowest BCUT2D eigenvalue weighted by atomic mass is 10.2. The smallest absolute Gasteiger partial charge is 0.251 e. The molecule has 6 heteroatoms. The van der Waals surface area contributed by atoms with Crippen LogP contribution >= 0.6 is 11.8 Å². The van der Waals surface area contributed by atoms with Crippen molar-refractivity contribution < 1.29 is 9.59 Å². The van der Waals surface area contributed by atoms with Gasteiger partial charge >= 0.3 is 0 Å². The van der Waals surface area contributed by atoms with Crippen LogP contribution in [0.5, 0.6) is 0 Å². The Morgan fingerprint density at radius 1 is 1.25 bits per heavy atom. The van der Waals surface area contributed by atoms with Crippen molar-refractivity contribution in [3.05, 3.63) is 42.5 Å². The summed E-state index contributed by atoms with van der Waals surface area (Å²) in [6.07, 6.45) is 1.82. The highest BCUT2D eigenvalue weighted by molar-refractivity contribution is 7.99. The number of rotatable bonds is 8. The Morgan fingerprint density at radius 3 is 2.60 bits per heavy atom. The quantitative estimate of drug-likeness (QED) is 0.380. The lowest BCUT2D eigenvalue weighted by Crippen LogP contribution is -2.37.